The SMILES string of the molecule is COc1ccccc1Oc1cc(C(=N)N)ccn1. The minimum atomic E-state index is -0.0257. The van der Waals surface area contributed by atoms with Crippen LogP contribution in [0.25, 0.3) is 0 Å². The van der Waals surface area contributed by atoms with Gasteiger partial charge in [-0.05, 0) is 18.2 Å². The highest BCUT2D eigenvalue weighted by Crippen LogP contribution is 2.29. The van der Waals surface area contributed by atoms with Crippen LogP contribution in [-0.2, 0) is 0 Å². The number of nitrogens with one attached hydrogen (secondary N) is 1. The molecule has 0 amide bonds. The summed E-state index contributed by atoms with van der Waals surface area (Å²) in [5.74, 6) is 1.52. The second kappa shape index (κ2) is 5.18. The van der Waals surface area contributed by atoms with Crippen molar-refractivity contribution in [2.24, 2.45) is 5.73 Å². The average Bonchev–Trinajstić information content (AvgIpc) is 2.39. The van der Waals surface area contributed by atoms with Gasteiger partial charge in [-0.25, -0.2) is 4.98 Å². The largest absolute Gasteiger partial charge is 0.493 e. The van der Waals surface area contributed by atoms with Crippen molar-refractivity contribution in [3.05, 3.63) is 48.2 Å². The van der Waals surface area contributed by atoms with Crippen LogP contribution in [0.2, 0.25) is 0 Å². The first kappa shape index (κ1) is 11.9. The molecule has 2 rings (SSSR count). The normalized spacial score (nSPS) is 9.83. The molecule has 5 nitrogen and oxygen atoms in total. The maximum absolute atomic E-state index is 7.36. The van der Waals surface area contributed by atoms with E-state index in [9.17, 15) is 0 Å². The summed E-state index contributed by atoms with van der Waals surface area (Å²) in [6, 6.07) is 10.5. The predicted octanol–water partition coefficient (Wildman–Crippen LogP) is 2.17. The standard InChI is InChI=1S/C13H13N3O2/c1-17-10-4-2-3-5-11(10)18-12-8-9(13(14)15)6-7-16-12/h2-8H,1H3,(H3,14,15). The number of benzene rings is 1. The third-order valence-electron chi connectivity index (χ3n) is 2.33. The van der Waals surface area contributed by atoms with Crippen LogP contribution in [0.15, 0.2) is 42.6 Å². The second-order valence-corrected chi connectivity index (χ2v) is 3.55. The number of nitrogen functional groups attached to an aromatic ring is 1. The molecule has 92 valence electrons. The molecule has 0 saturated heterocycles. The Morgan fingerprint density at radius 3 is 2.61 bits per heavy atom. The second-order valence-electron chi connectivity index (χ2n) is 3.55. The molecule has 0 atom stereocenters. The van der Waals surface area contributed by atoms with Crippen molar-refractivity contribution in [2.75, 3.05) is 7.11 Å². The number of hydrogen-bond donors (Lipinski definition) is 2. The fourth-order valence-electron chi connectivity index (χ4n) is 1.45. The summed E-state index contributed by atoms with van der Waals surface area (Å²) in [7, 11) is 1.57. The van der Waals surface area contributed by atoms with Crippen molar-refractivity contribution in [3.8, 4) is 17.4 Å². The number of para-hydroxylation sites is 2. The molecule has 1 aromatic carbocycles. The number of nitrogens with zero attached hydrogens (tertiary/aromatic N) is 1. The topological polar surface area (TPSA) is 81.2 Å². The fourth-order valence-corrected chi connectivity index (χ4v) is 1.45. The van der Waals surface area contributed by atoms with Gasteiger partial charge in [-0.15, -0.1) is 0 Å². The van der Waals surface area contributed by atoms with Gasteiger partial charge in [0.1, 0.15) is 5.84 Å². The van der Waals surface area contributed by atoms with Crippen LogP contribution in [0.3, 0.4) is 0 Å². The molecule has 0 bridgehead atoms. The lowest BCUT2D eigenvalue weighted by Crippen LogP contribution is -2.11. The van der Waals surface area contributed by atoms with Crippen molar-refractivity contribution in [3.63, 3.8) is 0 Å². The number of aromatic nitrogens is 1. The molecular weight excluding hydrogens is 230 g/mol. The Morgan fingerprint density at radius 2 is 1.94 bits per heavy atom. The smallest absolute Gasteiger partial charge is 0.220 e. The molecule has 0 spiro atoms. The van der Waals surface area contributed by atoms with Crippen LogP contribution in [0.1, 0.15) is 5.56 Å². The highest BCUT2D eigenvalue weighted by atomic mass is 16.5. The van der Waals surface area contributed by atoms with Gasteiger partial charge in [0.2, 0.25) is 5.88 Å². The summed E-state index contributed by atoms with van der Waals surface area (Å²) < 4.78 is 10.8. The molecule has 0 fully saturated rings. The van der Waals surface area contributed by atoms with Gasteiger partial charge in [0.25, 0.3) is 0 Å². The molecule has 1 aromatic heterocycles. The molecule has 5 heteroatoms. The number of pyridine rings is 1. The molecule has 1 heterocycles. The lowest BCUT2D eigenvalue weighted by molar-refractivity contribution is 0.374. The van der Waals surface area contributed by atoms with Gasteiger partial charge in [0.05, 0.1) is 7.11 Å². The maximum atomic E-state index is 7.36. The zero-order chi connectivity index (χ0) is 13.0. The molecule has 0 unspecified atom stereocenters. The number of nitrogens with two attached hydrogens (primary N) is 1. The summed E-state index contributed by atoms with van der Waals surface area (Å²) in [6.07, 6.45) is 1.54. The number of methoxy groups -OCH3 is 1. The minimum Gasteiger partial charge on any atom is -0.493 e. The van der Waals surface area contributed by atoms with E-state index in [-0.39, 0.29) is 5.84 Å². The van der Waals surface area contributed by atoms with E-state index in [2.05, 4.69) is 4.98 Å². The van der Waals surface area contributed by atoms with Gasteiger partial charge in [0.15, 0.2) is 11.5 Å². The maximum Gasteiger partial charge on any atom is 0.220 e. The molecule has 0 radical (unpaired) electrons. The van der Waals surface area contributed by atoms with E-state index < -0.39 is 0 Å². The van der Waals surface area contributed by atoms with Gasteiger partial charge in [0, 0.05) is 17.8 Å². The van der Waals surface area contributed by atoms with E-state index in [4.69, 9.17) is 20.6 Å². The van der Waals surface area contributed by atoms with Gasteiger partial charge in [-0.1, -0.05) is 12.1 Å². The van der Waals surface area contributed by atoms with Crippen molar-refractivity contribution >= 4 is 5.84 Å². The average molecular weight is 243 g/mol. The molecule has 3 N–H and O–H groups in total. The molecule has 2 aromatic rings. The quantitative estimate of drug-likeness (QED) is 0.637. The zero-order valence-electron chi connectivity index (χ0n) is 9.88. The third kappa shape index (κ3) is 2.57. The lowest BCUT2D eigenvalue weighted by Gasteiger charge is -2.09. The molecule has 0 aliphatic rings. The molecule has 0 saturated carbocycles. The molecule has 0 aliphatic carbocycles. The van der Waals surface area contributed by atoms with Crippen molar-refractivity contribution in [1.82, 2.24) is 4.98 Å². The number of rotatable bonds is 4. The van der Waals surface area contributed by atoms with Crippen LogP contribution in [0, 0.1) is 5.41 Å². The molecular formula is C13H13N3O2. The number of ether oxygens (including phenoxy) is 2. The Bertz CT molecular complexity index is 570. The lowest BCUT2D eigenvalue weighted by atomic mass is 10.2. The van der Waals surface area contributed by atoms with Crippen LogP contribution in [-0.4, -0.2) is 17.9 Å². The van der Waals surface area contributed by atoms with Gasteiger partial charge in [-0.3, -0.25) is 5.41 Å². The summed E-state index contributed by atoms with van der Waals surface area (Å²) in [5, 5.41) is 7.36. The Balaban J connectivity index is 2.28. The van der Waals surface area contributed by atoms with E-state index in [1.54, 1.807) is 37.6 Å². The minimum absolute atomic E-state index is 0.0257. The number of amidine groups is 1. The zero-order valence-corrected chi connectivity index (χ0v) is 9.88. The highest BCUT2D eigenvalue weighted by molar-refractivity contribution is 5.95. The van der Waals surface area contributed by atoms with Crippen LogP contribution < -0.4 is 15.2 Å². The van der Waals surface area contributed by atoms with Crippen LogP contribution in [0.5, 0.6) is 17.4 Å². The third-order valence-corrected chi connectivity index (χ3v) is 2.33. The van der Waals surface area contributed by atoms with Crippen LogP contribution >= 0.6 is 0 Å². The Kier molecular flexibility index (Phi) is 3.43. The Hall–Kier alpha value is -2.56. The van der Waals surface area contributed by atoms with E-state index in [0.29, 0.717) is 22.9 Å². The van der Waals surface area contributed by atoms with Crippen molar-refractivity contribution in [2.45, 2.75) is 0 Å². The van der Waals surface area contributed by atoms with Gasteiger partial charge < -0.3 is 15.2 Å². The first-order chi connectivity index (χ1) is 8.70. The predicted molar refractivity (Wildman–Crippen MR) is 68.3 cm³/mol. The summed E-state index contributed by atoms with van der Waals surface area (Å²) in [5.41, 5.74) is 5.97. The van der Waals surface area contributed by atoms with E-state index in [1.807, 2.05) is 12.1 Å². The van der Waals surface area contributed by atoms with E-state index in [1.165, 1.54) is 0 Å². The Labute approximate surface area is 105 Å². The first-order valence-electron chi connectivity index (χ1n) is 5.32. The summed E-state index contributed by atoms with van der Waals surface area (Å²) in [6.45, 7) is 0. The van der Waals surface area contributed by atoms with Gasteiger partial charge in [-0.2, -0.15) is 0 Å². The Morgan fingerprint density at radius 1 is 1.22 bits per heavy atom. The first-order valence-corrected chi connectivity index (χ1v) is 5.32. The number of hydrogen-bond acceptors (Lipinski definition) is 4. The fraction of sp³-hybridized carbons (Fsp3) is 0.0769. The monoisotopic (exact) mass is 243 g/mol. The van der Waals surface area contributed by atoms with E-state index >= 15 is 0 Å². The summed E-state index contributed by atoms with van der Waals surface area (Å²) >= 11 is 0. The summed E-state index contributed by atoms with van der Waals surface area (Å²) in [4.78, 5) is 4.06. The van der Waals surface area contributed by atoms with Crippen LogP contribution in [0.4, 0.5) is 0 Å². The highest BCUT2D eigenvalue weighted by Gasteiger charge is 2.06. The van der Waals surface area contributed by atoms with Crippen molar-refractivity contribution < 1.29 is 9.47 Å². The van der Waals surface area contributed by atoms with Gasteiger partial charge >= 0.3 is 0 Å². The van der Waals surface area contributed by atoms with Crippen molar-refractivity contribution in [1.29, 1.82) is 5.41 Å². The van der Waals surface area contributed by atoms with E-state index in [0.717, 1.165) is 0 Å². The molecule has 0 aliphatic heterocycles. The molecule has 18 heavy (non-hydrogen) atoms.